The number of nitrogens with one attached hydrogen (secondary N) is 1. The zero-order chi connectivity index (χ0) is 16.2. The van der Waals surface area contributed by atoms with Crippen LogP contribution in [0.15, 0.2) is 91.4 Å². The van der Waals surface area contributed by atoms with E-state index in [4.69, 9.17) is 0 Å². The van der Waals surface area contributed by atoms with Crippen molar-refractivity contribution in [3.8, 4) is 16.9 Å². The van der Waals surface area contributed by atoms with Crippen LogP contribution >= 0.6 is 0 Å². The zero-order valence-corrected chi connectivity index (χ0v) is 13.0. The Morgan fingerprint density at radius 1 is 0.750 bits per heavy atom. The van der Waals surface area contributed by atoms with Crippen LogP contribution < -0.4 is 5.32 Å². The van der Waals surface area contributed by atoms with Crippen molar-refractivity contribution in [1.29, 1.82) is 0 Å². The lowest BCUT2D eigenvalue weighted by Crippen LogP contribution is -1.96. The Bertz CT molecular complexity index is 931. The lowest BCUT2D eigenvalue weighted by Gasteiger charge is -2.10. The molecule has 0 unspecified atom stereocenters. The van der Waals surface area contributed by atoms with Gasteiger partial charge in [0.25, 0.3) is 0 Å². The van der Waals surface area contributed by atoms with Crippen molar-refractivity contribution >= 4 is 11.4 Å². The van der Waals surface area contributed by atoms with Crippen LogP contribution in [0.3, 0.4) is 0 Å². The van der Waals surface area contributed by atoms with E-state index in [2.05, 4.69) is 33.6 Å². The van der Waals surface area contributed by atoms with Gasteiger partial charge in [-0.15, -0.1) is 0 Å². The second-order valence-electron chi connectivity index (χ2n) is 5.42. The maximum Gasteiger partial charge on any atom is 0.0702 e. The molecule has 0 aliphatic heterocycles. The molecule has 2 aromatic heterocycles. The van der Waals surface area contributed by atoms with Gasteiger partial charge in [-0.25, -0.2) is 4.68 Å². The molecule has 0 atom stereocenters. The van der Waals surface area contributed by atoms with Gasteiger partial charge in [0, 0.05) is 35.5 Å². The van der Waals surface area contributed by atoms with Gasteiger partial charge in [0.1, 0.15) is 0 Å². The predicted molar refractivity (Wildman–Crippen MR) is 96.5 cm³/mol. The number of pyridine rings is 1. The number of nitrogens with zero attached hydrogens (tertiary/aromatic N) is 3. The normalized spacial score (nSPS) is 10.5. The van der Waals surface area contributed by atoms with Crippen molar-refractivity contribution in [3.05, 3.63) is 91.4 Å². The Hall–Kier alpha value is -3.40. The molecule has 0 saturated carbocycles. The minimum Gasteiger partial charge on any atom is -0.355 e. The molecule has 4 aromatic rings. The van der Waals surface area contributed by atoms with Crippen LogP contribution in [-0.4, -0.2) is 14.8 Å². The lowest BCUT2D eigenvalue weighted by molar-refractivity contribution is 0.881. The molecule has 0 fully saturated rings. The van der Waals surface area contributed by atoms with Crippen molar-refractivity contribution in [2.45, 2.75) is 0 Å². The fraction of sp³-hybridized carbons (Fsp3) is 0. The van der Waals surface area contributed by atoms with Gasteiger partial charge in [-0.3, -0.25) is 4.98 Å². The van der Waals surface area contributed by atoms with E-state index in [0.717, 1.165) is 28.3 Å². The number of rotatable bonds is 4. The summed E-state index contributed by atoms with van der Waals surface area (Å²) >= 11 is 0. The monoisotopic (exact) mass is 312 g/mol. The number of hydrogen-bond donors (Lipinski definition) is 1. The van der Waals surface area contributed by atoms with E-state index in [1.807, 2.05) is 71.7 Å². The molecule has 4 heteroatoms. The summed E-state index contributed by atoms with van der Waals surface area (Å²) < 4.78 is 1.84. The summed E-state index contributed by atoms with van der Waals surface area (Å²) in [5, 5.41) is 7.72. The van der Waals surface area contributed by atoms with Gasteiger partial charge in [-0.05, 0) is 48.5 Å². The largest absolute Gasteiger partial charge is 0.355 e. The van der Waals surface area contributed by atoms with Crippen LogP contribution in [0, 0.1) is 0 Å². The van der Waals surface area contributed by atoms with E-state index in [9.17, 15) is 0 Å². The summed E-state index contributed by atoms with van der Waals surface area (Å²) in [5.41, 5.74) is 5.11. The van der Waals surface area contributed by atoms with E-state index in [1.165, 1.54) is 0 Å². The Labute approximate surface area is 140 Å². The third kappa shape index (κ3) is 3.03. The number of anilines is 2. The van der Waals surface area contributed by atoms with Gasteiger partial charge >= 0.3 is 0 Å². The third-order valence-corrected chi connectivity index (χ3v) is 3.73. The second kappa shape index (κ2) is 6.38. The molecule has 4 rings (SSSR count). The minimum absolute atomic E-state index is 0.964. The summed E-state index contributed by atoms with van der Waals surface area (Å²) in [5.74, 6) is 0. The maximum atomic E-state index is 4.41. The van der Waals surface area contributed by atoms with Crippen molar-refractivity contribution in [2.24, 2.45) is 0 Å². The second-order valence-corrected chi connectivity index (χ2v) is 5.42. The topological polar surface area (TPSA) is 42.7 Å². The van der Waals surface area contributed by atoms with Crippen molar-refractivity contribution in [3.63, 3.8) is 0 Å². The van der Waals surface area contributed by atoms with Crippen LogP contribution in [0.5, 0.6) is 0 Å². The van der Waals surface area contributed by atoms with E-state index >= 15 is 0 Å². The molecule has 4 nitrogen and oxygen atoms in total. The highest BCUT2D eigenvalue weighted by molar-refractivity contribution is 5.69. The standard InChI is InChI=1S/C20H16N4/c1-2-11-21-20(10-1)16-6-3-7-17(14-16)23-18-8-4-9-19(15-18)24-13-5-12-22-24/h1-15,23H. The van der Waals surface area contributed by atoms with E-state index < -0.39 is 0 Å². The molecular weight excluding hydrogens is 296 g/mol. The Balaban J connectivity index is 1.61. The molecule has 0 radical (unpaired) electrons. The Kier molecular flexibility index (Phi) is 3.78. The average Bonchev–Trinajstić information content (AvgIpc) is 3.18. The van der Waals surface area contributed by atoms with Gasteiger partial charge in [0.15, 0.2) is 0 Å². The summed E-state index contributed by atoms with van der Waals surface area (Å²) in [6.07, 6.45) is 5.51. The molecule has 1 N–H and O–H groups in total. The maximum absolute atomic E-state index is 4.41. The molecule has 2 aromatic carbocycles. The van der Waals surface area contributed by atoms with Crippen LogP contribution in [0.2, 0.25) is 0 Å². The number of aromatic nitrogens is 3. The van der Waals surface area contributed by atoms with E-state index in [0.29, 0.717) is 0 Å². The number of hydrogen-bond acceptors (Lipinski definition) is 3. The molecule has 2 heterocycles. The molecule has 0 aliphatic rings. The zero-order valence-electron chi connectivity index (χ0n) is 13.0. The van der Waals surface area contributed by atoms with Crippen LogP contribution in [0.25, 0.3) is 16.9 Å². The first kappa shape index (κ1) is 14.2. The molecule has 0 amide bonds. The molecule has 24 heavy (non-hydrogen) atoms. The predicted octanol–water partition coefficient (Wildman–Crippen LogP) is 4.68. The van der Waals surface area contributed by atoms with Crippen molar-refractivity contribution in [1.82, 2.24) is 14.8 Å². The summed E-state index contributed by atoms with van der Waals surface area (Å²) in [7, 11) is 0. The Morgan fingerprint density at radius 2 is 1.62 bits per heavy atom. The Morgan fingerprint density at radius 3 is 2.42 bits per heavy atom. The van der Waals surface area contributed by atoms with Crippen LogP contribution in [-0.2, 0) is 0 Å². The summed E-state index contributed by atoms with van der Waals surface area (Å²) in [6, 6.07) is 24.2. The average molecular weight is 312 g/mol. The van der Waals surface area contributed by atoms with Crippen LogP contribution in [0.1, 0.15) is 0 Å². The lowest BCUT2D eigenvalue weighted by atomic mass is 10.1. The van der Waals surface area contributed by atoms with Gasteiger partial charge in [-0.2, -0.15) is 5.10 Å². The highest BCUT2D eigenvalue weighted by Crippen LogP contribution is 2.24. The minimum atomic E-state index is 0.964. The first-order valence-electron chi connectivity index (χ1n) is 7.77. The first-order valence-corrected chi connectivity index (χ1v) is 7.77. The van der Waals surface area contributed by atoms with Crippen LogP contribution in [0.4, 0.5) is 11.4 Å². The molecule has 0 spiro atoms. The molecule has 0 saturated heterocycles. The summed E-state index contributed by atoms with van der Waals surface area (Å²) in [4.78, 5) is 4.41. The van der Waals surface area contributed by atoms with Crippen molar-refractivity contribution < 1.29 is 0 Å². The third-order valence-electron chi connectivity index (χ3n) is 3.73. The fourth-order valence-electron chi connectivity index (χ4n) is 2.60. The molecule has 116 valence electrons. The van der Waals surface area contributed by atoms with Gasteiger partial charge < -0.3 is 5.32 Å². The number of benzene rings is 2. The highest BCUT2D eigenvalue weighted by Gasteiger charge is 2.02. The summed E-state index contributed by atoms with van der Waals surface area (Å²) in [6.45, 7) is 0. The smallest absolute Gasteiger partial charge is 0.0702 e. The first-order chi connectivity index (χ1) is 11.9. The fourth-order valence-corrected chi connectivity index (χ4v) is 2.60. The van der Waals surface area contributed by atoms with Gasteiger partial charge in [-0.1, -0.05) is 24.3 Å². The van der Waals surface area contributed by atoms with E-state index in [-0.39, 0.29) is 0 Å². The molecule has 0 aliphatic carbocycles. The quantitative estimate of drug-likeness (QED) is 0.595. The SMILES string of the molecule is c1ccc(-c2cccc(Nc3cccc(-n4cccn4)c3)c2)nc1. The molecular formula is C20H16N4. The van der Waals surface area contributed by atoms with Crippen molar-refractivity contribution in [2.75, 3.05) is 5.32 Å². The van der Waals surface area contributed by atoms with Gasteiger partial charge in [0.05, 0.1) is 11.4 Å². The van der Waals surface area contributed by atoms with E-state index in [1.54, 1.807) is 6.20 Å². The highest BCUT2D eigenvalue weighted by atomic mass is 15.3. The van der Waals surface area contributed by atoms with Gasteiger partial charge in [0.2, 0.25) is 0 Å². The molecule has 0 bridgehead atoms.